The van der Waals surface area contributed by atoms with Gasteiger partial charge < -0.3 is 0 Å². The van der Waals surface area contributed by atoms with Crippen molar-refractivity contribution in [1.82, 2.24) is 0 Å². The summed E-state index contributed by atoms with van der Waals surface area (Å²) >= 11 is 11.2. The van der Waals surface area contributed by atoms with E-state index in [-0.39, 0.29) is 12.2 Å². The Morgan fingerprint density at radius 2 is 1.85 bits per heavy atom. The summed E-state index contributed by atoms with van der Waals surface area (Å²) in [5.41, 5.74) is 0.730. The van der Waals surface area contributed by atoms with Crippen LogP contribution in [-0.4, -0.2) is 4.33 Å². The molecule has 1 aromatic carbocycles. The predicted octanol–water partition coefficient (Wildman–Crippen LogP) is 3.07. The summed E-state index contributed by atoms with van der Waals surface area (Å²) in [6.07, 6.45) is 0.187. The Hall–Kier alpha value is -0.780. The smallest absolute Gasteiger partial charge is 0.207 e. The number of benzene rings is 1. The zero-order chi connectivity index (χ0) is 9.90. The molecule has 0 saturated heterocycles. The second-order valence-electron chi connectivity index (χ2n) is 2.62. The summed E-state index contributed by atoms with van der Waals surface area (Å²) in [5.74, 6) is -0.324. The van der Waals surface area contributed by atoms with Gasteiger partial charge >= 0.3 is 0 Å². The first-order chi connectivity index (χ1) is 6.03. The number of nitrogens with zero attached hydrogens (tertiary/aromatic N) is 1. The van der Waals surface area contributed by atoms with Gasteiger partial charge in [-0.25, -0.2) is 4.39 Å². The van der Waals surface area contributed by atoms with E-state index in [1.165, 1.54) is 12.1 Å². The lowest BCUT2D eigenvalue weighted by Crippen LogP contribution is -2.12. The minimum atomic E-state index is -1.43. The Morgan fingerprint density at radius 1 is 1.31 bits per heavy atom. The van der Waals surface area contributed by atoms with Gasteiger partial charge in [0.25, 0.3) is 0 Å². The highest BCUT2D eigenvalue weighted by Gasteiger charge is 2.23. The van der Waals surface area contributed by atoms with E-state index in [0.717, 1.165) is 5.56 Å². The first kappa shape index (κ1) is 10.3. The van der Waals surface area contributed by atoms with Crippen LogP contribution in [0.2, 0.25) is 0 Å². The molecular formula is C9H6Cl2FN. The Bertz CT molecular complexity index is 326. The third kappa shape index (κ3) is 3.22. The zero-order valence-corrected chi connectivity index (χ0v) is 8.11. The third-order valence-corrected chi connectivity index (χ3v) is 1.94. The monoisotopic (exact) mass is 217 g/mol. The van der Waals surface area contributed by atoms with Crippen LogP contribution in [0.4, 0.5) is 4.39 Å². The van der Waals surface area contributed by atoms with Crippen LogP contribution in [0.1, 0.15) is 5.56 Å². The Morgan fingerprint density at radius 3 is 2.31 bits per heavy atom. The first-order valence-electron chi connectivity index (χ1n) is 3.57. The number of hydrogen-bond donors (Lipinski definition) is 0. The molecule has 1 rings (SSSR count). The molecule has 0 fully saturated rings. The first-order valence-corrected chi connectivity index (χ1v) is 4.32. The van der Waals surface area contributed by atoms with Crippen LogP contribution >= 0.6 is 23.2 Å². The van der Waals surface area contributed by atoms with Crippen LogP contribution in [0.15, 0.2) is 24.3 Å². The topological polar surface area (TPSA) is 23.8 Å². The summed E-state index contributed by atoms with van der Waals surface area (Å²) < 4.78 is 11.0. The molecule has 0 aliphatic rings. The molecule has 0 saturated carbocycles. The zero-order valence-electron chi connectivity index (χ0n) is 6.60. The van der Waals surface area contributed by atoms with Crippen LogP contribution in [-0.2, 0) is 6.42 Å². The van der Waals surface area contributed by atoms with E-state index >= 15 is 0 Å². The van der Waals surface area contributed by atoms with Crippen molar-refractivity contribution in [2.45, 2.75) is 10.8 Å². The standard InChI is InChI=1S/C9H6Cl2FN/c10-9(11,6-13)5-7-1-3-8(12)4-2-7/h1-4H,5H2. The van der Waals surface area contributed by atoms with Gasteiger partial charge in [0.2, 0.25) is 4.33 Å². The quantitative estimate of drug-likeness (QED) is 0.699. The molecule has 1 nitrogen and oxygen atoms in total. The van der Waals surface area contributed by atoms with Crippen molar-refractivity contribution in [3.05, 3.63) is 35.6 Å². The molecular weight excluding hydrogens is 212 g/mol. The van der Waals surface area contributed by atoms with Crippen molar-refractivity contribution >= 4 is 23.2 Å². The van der Waals surface area contributed by atoms with Crippen LogP contribution in [0.25, 0.3) is 0 Å². The highest BCUT2D eigenvalue weighted by atomic mass is 35.5. The van der Waals surface area contributed by atoms with Gasteiger partial charge in [-0.2, -0.15) is 5.26 Å². The summed E-state index contributed by atoms with van der Waals surface area (Å²) in [6.45, 7) is 0. The van der Waals surface area contributed by atoms with E-state index in [0.29, 0.717) is 0 Å². The van der Waals surface area contributed by atoms with Crippen molar-refractivity contribution in [2.24, 2.45) is 0 Å². The van der Waals surface area contributed by atoms with Crippen LogP contribution in [0.5, 0.6) is 0 Å². The average molecular weight is 218 g/mol. The Kier molecular flexibility index (Phi) is 3.13. The van der Waals surface area contributed by atoms with Crippen molar-refractivity contribution in [1.29, 1.82) is 5.26 Å². The SMILES string of the molecule is N#CC(Cl)(Cl)Cc1ccc(F)cc1. The maximum atomic E-state index is 12.5. The van der Waals surface area contributed by atoms with Crippen molar-refractivity contribution in [3.63, 3.8) is 0 Å². The van der Waals surface area contributed by atoms with Gasteiger partial charge in [0.15, 0.2) is 0 Å². The minimum absolute atomic E-state index is 0.187. The number of alkyl halides is 2. The second-order valence-corrected chi connectivity index (χ2v) is 4.10. The largest absolute Gasteiger partial charge is 0.207 e. The van der Waals surface area contributed by atoms with E-state index in [1.807, 2.05) is 0 Å². The van der Waals surface area contributed by atoms with Crippen molar-refractivity contribution in [3.8, 4) is 6.07 Å². The molecule has 0 aromatic heterocycles. The fourth-order valence-corrected chi connectivity index (χ4v) is 1.21. The summed E-state index contributed by atoms with van der Waals surface area (Å²) in [4.78, 5) is 0. The summed E-state index contributed by atoms with van der Waals surface area (Å²) in [6, 6.07) is 7.44. The van der Waals surface area contributed by atoms with Gasteiger partial charge in [-0.1, -0.05) is 35.3 Å². The van der Waals surface area contributed by atoms with E-state index in [9.17, 15) is 4.39 Å². The number of rotatable bonds is 2. The van der Waals surface area contributed by atoms with Gasteiger partial charge in [0.1, 0.15) is 11.9 Å². The van der Waals surface area contributed by atoms with Crippen LogP contribution in [0, 0.1) is 17.1 Å². The molecule has 0 aliphatic heterocycles. The number of halogens is 3. The molecule has 0 N–H and O–H groups in total. The highest BCUT2D eigenvalue weighted by Crippen LogP contribution is 2.24. The molecule has 68 valence electrons. The molecule has 0 radical (unpaired) electrons. The fraction of sp³-hybridized carbons (Fsp3) is 0.222. The van der Waals surface area contributed by atoms with Crippen LogP contribution < -0.4 is 0 Å². The molecule has 0 spiro atoms. The fourth-order valence-electron chi connectivity index (χ4n) is 0.898. The molecule has 0 amide bonds. The van der Waals surface area contributed by atoms with E-state index < -0.39 is 4.33 Å². The lowest BCUT2D eigenvalue weighted by atomic mass is 10.1. The molecule has 4 heteroatoms. The summed E-state index contributed by atoms with van der Waals surface area (Å²) in [5, 5.41) is 8.52. The lowest BCUT2D eigenvalue weighted by Gasteiger charge is -2.09. The molecule has 0 atom stereocenters. The lowest BCUT2D eigenvalue weighted by molar-refractivity contribution is 0.627. The molecule has 13 heavy (non-hydrogen) atoms. The maximum Gasteiger partial charge on any atom is 0.207 e. The number of hydrogen-bond acceptors (Lipinski definition) is 1. The Balaban J connectivity index is 2.77. The second kappa shape index (κ2) is 3.95. The summed E-state index contributed by atoms with van der Waals surface area (Å²) in [7, 11) is 0. The predicted molar refractivity (Wildman–Crippen MR) is 50.2 cm³/mol. The van der Waals surface area contributed by atoms with Crippen molar-refractivity contribution in [2.75, 3.05) is 0 Å². The molecule has 1 aromatic rings. The third-order valence-electron chi connectivity index (χ3n) is 1.50. The molecule has 0 unspecified atom stereocenters. The normalized spacial score (nSPS) is 10.9. The molecule has 0 heterocycles. The Labute approximate surface area is 85.7 Å². The minimum Gasteiger partial charge on any atom is -0.207 e. The molecule has 0 aliphatic carbocycles. The maximum absolute atomic E-state index is 12.5. The highest BCUT2D eigenvalue weighted by molar-refractivity contribution is 6.50. The van der Waals surface area contributed by atoms with Gasteiger partial charge in [0.05, 0.1) is 0 Å². The molecule has 0 bridgehead atoms. The van der Waals surface area contributed by atoms with E-state index in [1.54, 1.807) is 18.2 Å². The van der Waals surface area contributed by atoms with E-state index in [4.69, 9.17) is 28.5 Å². The van der Waals surface area contributed by atoms with E-state index in [2.05, 4.69) is 0 Å². The number of nitriles is 1. The van der Waals surface area contributed by atoms with Gasteiger partial charge in [-0.05, 0) is 17.7 Å². The van der Waals surface area contributed by atoms with Crippen LogP contribution in [0.3, 0.4) is 0 Å². The van der Waals surface area contributed by atoms with Gasteiger partial charge in [-0.15, -0.1) is 0 Å². The average Bonchev–Trinajstić information content (AvgIpc) is 2.09. The van der Waals surface area contributed by atoms with Gasteiger partial charge in [0, 0.05) is 6.42 Å². The van der Waals surface area contributed by atoms with Crippen molar-refractivity contribution < 1.29 is 4.39 Å². The van der Waals surface area contributed by atoms with Gasteiger partial charge in [-0.3, -0.25) is 0 Å².